The maximum atomic E-state index is 12.6. The molecule has 1 aromatic heterocycles. The fourth-order valence-corrected chi connectivity index (χ4v) is 3.64. The lowest BCUT2D eigenvalue weighted by Gasteiger charge is -2.26. The number of hydrogen-bond donors (Lipinski definition) is 1. The highest BCUT2D eigenvalue weighted by Crippen LogP contribution is 2.20. The van der Waals surface area contributed by atoms with Gasteiger partial charge in [0, 0.05) is 49.9 Å². The minimum atomic E-state index is -0.196. The zero-order chi connectivity index (χ0) is 24.1. The molecule has 1 saturated heterocycles. The van der Waals surface area contributed by atoms with E-state index < -0.39 is 0 Å². The number of rotatable bonds is 6. The molecule has 178 valence electrons. The summed E-state index contributed by atoms with van der Waals surface area (Å²) >= 11 is 0. The van der Waals surface area contributed by atoms with Crippen LogP contribution in [0, 0.1) is 13.8 Å². The van der Waals surface area contributed by atoms with Crippen LogP contribution in [0.3, 0.4) is 0 Å². The molecule has 0 unspecified atom stereocenters. The van der Waals surface area contributed by atoms with Crippen LogP contribution in [0.2, 0.25) is 0 Å². The number of ether oxygens (including phenoxy) is 1. The molecule has 0 aliphatic carbocycles. The Morgan fingerprint density at radius 1 is 1.09 bits per heavy atom. The molecule has 0 atom stereocenters. The van der Waals surface area contributed by atoms with E-state index in [0.29, 0.717) is 56.5 Å². The normalized spacial score (nSPS) is 13.6. The first-order chi connectivity index (χ1) is 16.4. The molecule has 1 N–H and O–H groups in total. The van der Waals surface area contributed by atoms with E-state index in [2.05, 4.69) is 15.5 Å². The molecule has 0 spiro atoms. The van der Waals surface area contributed by atoms with Crippen molar-refractivity contribution < 1.29 is 18.8 Å². The van der Waals surface area contributed by atoms with E-state index in [4.69, 9.17) is 9.26 Å². The Morgan fingerprint density at radius 2 is 1.82 bits per heavy atom. The average molecular weight is 464 g/mol. The number of hydrogen-bond acceptors (Lipinski definition) is 6. The number of carbonyl (C=O) groups is 2. The molecular formula is C25H29N5O4. The summed E-state index contributed by atoms with van der Waals surface area (Å²) in [6, 6.07) is 12.8. The zero-order valence-electron chi connectivity index (χ0n) is 19.7. The number of nitrogens with one attached hydrogen (secondary N) is 1. The Hall–Kier alpha value is -3.72. The molecule has 4 rings (SSSR count). The molecule has 0 radical (unpaired) electrons. The van der Waals surface area contributed by atoms with E-state index >= 15 is 0 Å². The quantitative estimate of drug-likeness (QED) is 0.600. The molecule has 0 bridgehead atoms. The molecule has 3 aromatic rings. The van der Waals surface area contributed by atoms with Crippen LogP contribution in [-0.2, 0) is 11.2 Å². The van der Waals surface area contributed by atoms with Gasteiger partial charge in [-0.15, -0.1) is 0 Å². The number of benzene rings is 2. The summed E-state index contributed by atoms with van der Waals surface area (Å²) in [5.41, 5.74) is 4.32. The highest BCUT2D eigenvalue weighted by Gasteiger charge is 2.19. The molecule has 2 aromatic carbocycles. The SMILES string of the molecule is Cc1cccc(NC(=O)N(C)CCc2noc(-c3ccc(C(=O)N4CCOCC4)cc3)n2)c1C. The number of carbonyl (C=O) groups excluding carboxylic acids is 2. The third-order valence-electron chi connectivity index (χ3n) is 6.01. The summed E-state index contributed by atoms with van der Waals surface area (Å²) in [6.45, 7) is 6.76. The second-order valence-corrected chi connectivity index (χ2v) is 8.35. The number of anilines is 1. The Morgan fingerprint density at radius 3 is 2.56 bits per heavy atom. The predicted molar refractivity (Wildman–Crippen MR) is 128 cm³/mol. The lowest BCUT2D eigenvalue weighted by atomic mass is 10.1. The molecule has 1 fully saturated rings. The molecule has 9 heteroatoms. The van der Waals surface area contributed by atoms with Crippen LogP contribution < -0.4 is 5.32 Å². The summed E-state index contributed by atoms with van der Waals surface area (Å²) in [6.07, 6.45) is 0.452. The van der Waals surface area contributed by atoms with E-state index in [1.165, 1.54) is 0 Å². The average Bonchev–Trinajstić information content (AvgIpc) is 3.34. The number of amides is 3. The van der Waals surface area contributed by atoms with Crippen molar-refractivity contribution >= 4 is 17.6 Å². The Bertz CT molecular complexity index is 1150. The minimum absolute atomic E-state index is 0.0109. The van der Waals surface area contributed by atoms with Crippen LogP contribution in [-0.4, -0.2) is 71.8 Å². The molecule has 1 aliphatic rings. The van der Waals surface area contributed by atoms with Gasteiger partial charge in [-0.05, 0) is 55.3 Å². The van der Waals surface area contributed by atoms with Crippen LogP contribution >= 0.6 is 0 Å². The first-order valence-electron chi connectivity index (χ1n) is 11.3. The van der Waals surface area contributed by atoms with Gasteiger partial charge in [0.15, 0.2) is 5.82 Å². The predicted octanol–water partition coefficient (Wildman–Crippen LogP) is 3.53. The van der Waals surface area contributed by atoms with Crippen LogP contribution in [0.25, 0.3) is 11.5 Å². The van der Waals surface area contributed by atoms with Crippen LogP contribution in [0.1, 0.15) is 27.3 Å². The maximum absolute atomic E-state index is 12.6. The van der Waals surface area contributed by atoms with Gasteiger partial charge >= 0.3 is 6.03 Å². The molecule has 2 heterocycles. The van der Waals surface area contributed by atoms with E-state index in [-0.39, 0.29) is 11.9 Å². The zero-order valence-corrected chi connectivity index (χ0v) is 19.7. The van der Waals surface area contributed by atoms with Gasteiger partial charge in [0.1, 0.15) is 0 Å². The van der Waals surface area contributed by atoms with Gasteiger partial charge < -0.3 is 24.4 Å². The lowest BCUT2D eigenvalue weighted by molar-refractivity contribution is 0.0303. The monoisotopic (exact) mass is 463 g/mol. The summed E-state index contributed by atoms with van der Waals surface area (Å²) in [5.74, 6) is 0.876. The van der Waals surface area contributed by atoms with Crippen molar-refractivity contribution in [2.24, 2.45) is 0 Å². The number of urea groups is 1. The van der Waals surface area contributed by atoms with Gasteiger partial charge in [-0.25, -0.2) is 4.79 Å². The second kappa shape index (κ2) is 10.5. The topological polar surface area (TPSA) is 101 Å². The first-order valence-corrected chi connectivity index (χ1v) is 11.3. The first kappa shape index (κ1) is 23.4. The number of morpholine rings is 1. The van der Waals surface area contributed by atoms with Crippen molar-refractivity contribution in [1.29, 1.82) is 0 Å². The van der Waals surface area contributed by atoms with Gasteiger partial charge in [-0.2, -0.15) is 4.98 Å². The van der Waals surface area contributed by atoms with Gasteiger partial charge in [0.05, 0.1) is 13.2 Å². The Balaban J connectivity index is 1.32. The third-order valence-corrected chi connectivity index (χ3v) is 6.01. The Labute approximate surface area is 198 Å². The molecule has 1 aliphatic heterocycles. The summed E-state index contributed by atoms with van der Waals surface area (Å²) in [7, 11) is 1.73. The lowest BCUT2D eigenvalue weighted by Crippen LogP contribution is -2.40. The number of aromatic nitrogens is 2. The van der Waals surface area contributed by atoms with Crippen molar-refractivity contribution in [1.82, 2.24) is 19.9 Å². The van der Waals surface area contributed by atoms with Crippen molar-refractivity contribution in [3.63, 3.8) is 0 Å². The van der Waals surface area contributed by atoms with E-state index in [0.717, 1.165) is 22.4 Å². The standard InChI is InChI=1S/C25H29N5O4/c1-17-5-4-6-21(18(17)2)26-25(32)29(3)12-11-22-27-23(34-28-22)19-7-9-20(10-8-19)24(31)30-13-15-33-16-14-30/h4-10H,11-16H2,1-3H3,(H,26,32). The molecule has 0 saturated carbocycles. The molecule has 9 nitrogen and oxygen atoms in total. The van der Waals surface area contributed by atoms with Crippen LogP contribution in [0.15, 0.2) is 47.0 Å². The summed E-state index contributed by atoms with van der Waals surface area (Å²) in [4.78, 5) is 32.9. The second-order valence-electron chi connectivity index (χ2n) is 8.35. The van der Waals surface area contributed by atoms with E-state index in [1.807, 2.05) is 32.0 Å². The minimum Gasteiger partial charge on any atom is -0.378 e. The Kier molecular flexibility index (Phi) is 7.22. The summed E-state index contributed by atoms with van der Waals surface area (Å²) < 4.78 is 10.7. The highest BCUT2D eigenvalue weighted by atomic mass is 16.5. The molecular weight excluding hydrogens is 434 g/mol. The molecule has 34 heavy (non-hydrogen) atoms. The van der Waals surface area contributed by atoms with Crippen molar-refractivity contribution in [2.75, 3.05) is 45.2 Å². The van der Waals surface area contributed by atoms with E-state index in [9.17, 15) is 9.59 Å². The fourth-order valence-electron chi connectivity index (χ4n) is 3.64. The van der Waals surface area contributed by atoms with Gasteiger partial charge in [-0.3, -0.25) is 4.79 Å². The largest absolute Gasteiger partial charge is 0.378 e. The van der Waals surface area contributed by atoms with Gasteiger partial charge in [0.2, 0.25) is 0 Å². The van der Waals surface area contributed by atoms with Crippen molar-refractivity contribution in [2.45, 2.75) is 20.3 Å². The van der Waals surface area contributed by atoms with Gasteiger partial charge in [-0.1, -0.05) is 17.3 Å². The fraction of sp³-hybridized carbons (Fsp3) is 0.360. The van der Waals surface area contributed by atoms with Crippen LogP contribution in [0.5, 0.6) is 0 Å². The van der Waals surface area contributed by atoms with Gasteiger partial charge in [0.25, 0.3) is 11.8 Å². The maximum Gasteiger partial charge on any atom is 0.321 e. The smallest absolute Gasteiger partial charge is 0.321 e. The molecule has 3 amide bonds. The van der Waals surface area contributed by atoms with Crippen molar-refractivity contribution in [3.8, 4) is 11.5 Å². The highest BCUT2D eigenvalue weighted by molar-refractivity contribution is 5.94. The number of likely N-dealkylation sites (N-methyl/N-ethyl adjacent to an activating group) is 1. The number of nitrogens with zero attached hydrogens (tertiary/aromatic N) is 4. The number of aryl methyl sites for hydroxylation is 1. The van der Waals surface area contributed by atoms with Crippen molar-refractivity contribution in [3.05, 3.63) is 65.0 Å². The third kappa shape index (κ3) is 5.43. The van der Waals surface area contributed by atoms with E-state index in [1.54, 1.807) is 41.1 Å². The summed E-state index contributed by atoms with van der Waals surface area (Å²) in [5, 5.41) is 6.97. The van der Waals surface area contributed by atoms with Crippen LogP contribution in [0.4, 0.5) is 10.5 Å².